The van der Waals surface area contributed by atoms with Gasteiger partial charge in [-0.3, -0.25) is 9.59 Å². The highest BCUT2D eigenvalue weighted by Crippen LogP contribution is 2.31. The van der Waals surface area contributed by atoms with Crippen LogP contribution < -0.4 is 0 Å². The molecule has 1 spiro atoms. The maximum absolute atomic E-state index is 12.8. The lowest BCUT2D eigenvalue weighted by Gasteiger charge is -2.38. The molecule has 2 amide bonds. The zero-order chi connectivity index (χ0) is 18.5. The lowest BCUT2D eigenvalue weighted by molar-refractivity contribution is -0.159. The summed E-state index contributed by atoms with van der Waals surface area (Å²) < 4.78 is 11.4. The van der Waals surface area contributed by atoms with Crippen LogP contribution >= 0.6 is 11.6 Å². The van der Waals surface area contributed by atoms with Gasteiger partial charge in [0.25, 0.3) is 0 Å². The van der Waals surface area contributed by atoms with Crippen LogP contribution in [0.4, 0.5) is 0 Å². The van der Waals surface area contributed by atoms with Crippen LogP contribution in [0.3, 0.4) is 0 Å². The molecule has 26 heavy (non-hydrogen) atoms. The van der Waals surface area contributed by atoms with Crippen molar-refractivity contribution < 1.29 is 18.7 Å². The third-order valence-electron chi connectivity index (χ3n) is 5.40. The first-order valence-corrected chi connectivity index (χ1v) is 9.07. The van der Waals surface area contributed by atoms with E-state index in [1.54, 1.807) is 18.2 Å². The van der Waals surface area contributed by atoms with Gasteiger partial charge in [-0.1, -0.05) is 11.6 Å². The first-order valence-electron chi connectivity index (χ1n) is 8.69. The van der Waals surface area contributed by atoms with Crippen molar-refractivity contribution in [1.29, 1.82) is 0 Å². The van der Waals surface area contributed by atoms with E-state index in [9.17, 15) is 9.59 Å². The van der Waals surface area contributed by atoms with Gasteiger partial charge in [-0.15, -0.1) is 0 Å². The molecule has 1 atom stereocenters. The molecule has 6 nitrogen and oxygen atoms in total. The van der Waals surface area contributed by atoms with E-state index in [2.05, 4.69) is 0 Å². The summed E-state index contributed by atoms with van der Waals surface area (Å²) in [5.74, 6) is 0.0156. The number of aryl methyl sites for hydroxylation is 1. The summed E-state index contributed by atoms with van der Waals surface area (Å²) in [6.45, 7) is 3.68. The van der Waals surface area contributed by atoms with Gasteiger partial charge >= 0.3 is 0 Å². The van der Waals surface area contributed by atoms with Gasteiger partial charge in [-0.25, -0.2) is 0 Å². The number of fused-ring (bicyclic) bond motifs is 1. The lowest BCUT2D eigenvalue weighted by atomic mass is 10.0. The molecule has 2 fully saturated rings. The van der Waals surface area contributed by atoms with Gasteiger partial charge in [-0.05, 0) is 31.0 Å². The summed E-state index contributed by atoms with van der Waals surface area (Å²) in [6.07, 6.45) is 2.64. The van der Waals surface area contributed by atoms with E-state index < -0.39 is 5.60 Å². The first kappa shape index (κ1) is 17.4. The molecule has 2 aliphatic rings. The highest BCUT2D eigenvalue weighted by molar-refractivity contribution is 6.32. The molecule has 4 rings (SSSR count). The number of likely N-dealkylation sites (N-methyl/N-ethyl adjacent to an activating group) is 1. The van der Waals surface area contributed by atoms with E-state index in [0.29, 0.717) is 24.7 Å². The number of nitrogens with zero attached hydrogens (tertiary/aromatic N) is 2. The molecule has 138 valence electrons. The Labute approximate surface area is 156 Å². The average Bonchev–Trinajstić information content (AvgIpc) is 3.18. The second-order valence-electron chi connectivity index (χ2n) is 7.32. The lowest BCUT2D eigenvalue weighted by Crippen LogP contribution is -2.54. The van der Waals surface area contributed by atoms with Crippen molar-refractivity contribution in [3.63, 3.8) is 0 Å². The van der Waals surface area contributed by atoms with Crippen LogP contribution in [0.1, 0.15) is 17.5 Å². The van der Waals surface area contributed by atoms with E-state index in [1.807, 2.05) is 24.0 Å². The SMILES string of the molecule is Cc1cc2occ(CC(=O)N3CC[C@@]4(CN(C)C(=O)CO4)C3)c2cc1Cl. The van der Waals surface area contributed by atoms with Crippen LogP contribution in [0.25, 0.3) is 11.0 Å². The Bertz CT molecular complexity index is 893. The van der Waals surface area contributed by atoms with Crippen LogP contribution in [-0.4, -0.2) is 60.5 Å². The number of morpholine rings is 1. The van der Waals surface area contributed by atoms with E-state index in [4.69, 9.17) is 20.8 Å². The standard InChI is InChI=1S/C19H21ClN2O4/c1-12-5-16-14(7-15(12)20)13(8-25-16)6-17(23)22-4-3-19(11-22)10-21(2)18(24)9-26-19/h5,7-8H,3-4,6,9-11H2,1-2H3/t19-/m1/s1. The van der Waals surface area contributed by atoms with Crippen LogP contribution in [0.2, 0.25) is 5.02 Å². The number of halogens is 1. The summed E-state index contributed by atoms with van der Waals surface area (Å²) in [7, 11) is 1.78. The van der Waals surface area contributed by atoms with Crippen LogP contribution in [-0.2, 0) is 20.7 Å². The average molecular weight is 377 g/mol. The van der Waals surface area contributed by atoms with Crippen LogP contribution in [0.15, 0.2) is 22.8 Å². The van der Waals surface area contributed by atoms with Gasteiger partial charge in [0, 0.05) is 29.6 Å². The molecule has 3 heterocycles. The molecule has 1 aromatic carbocycles. The summed E-state index contributed by atoms with van der Waals surface area (Å²) >= 11 is 6.22. The van der Waals surface area contributed by atoms with Crippen molar-refractivity contribution in [3.05, 3.63) is 34.5 Å². The molecule has 0 unspecified atom stereocenters. The van der Waals surface area contributed by atoms with Gasteiger partial charge in [0.15, 0.2) is 0 Å². The fraction of sp³-hybridized carbons (Fsp3) is 0.474. The van der Waals surface area contributed by atoms with Crippen LogP contribution in [0, 0.1) is 6.92 Å². The molecule has 2 saturated heterocycles. The number of carbonyl (C=O) groups is 2. The van der Waals surface area contributed by atoms with Crippen molar-refractivity contribution in [3.8, 4) is 0 Å². The Balaban J connectivity index is 1.48. The normalized spacial score (nSPS) is 23.4. The highest BCUT2D eigenvalue weighted by atomic mass is 35.5. The fourth-order valence-electron chi connectivity index (χ4n) is 3.81. The second-order valence-corrected chi connectivity index (χ2v) is 7.73. The summed E-state index contributed by atoms with van der Waals surface area (Å²) in [4.78, 5) is 27.9. The Kier molecular flexibility index (Phi) is 4.20. The minimum absolute atomic E-state index is 0.0163. The third-order valence-corrected chi connectivity index (χ3v) is 5.81. The molecule has 7 heteroatoms. The Morgan fingerprint density at radius 3 is 2.92 bits per heavy atom. The summed E-state index contributed by atoms with van der Waals surface area (Å²) in [5, 5.41) is 1.54. The number of likely N-dealkylation sites (tertiary alicyclic amines) is 1. The first-order chi connectivity index (χ1) is 12.4. The number of furan rings is 1. The monoisotopic (exact) mass is 376 g/mol. The molecule has 2 aliphatic heterocycles. The van der Waals surface area contributed by atoms with Crippen molar-refractivity contribution in [2.75, 3.05) is 33.3 Å². The van der Waals surface area contributed by atoms with Crippen molar-refractivity contribution in [2.24, 2.45) is 0 Å². The van der Waals surface area contributed by atoms with Gasteiger partial charge in [-0.2, -0.15) is 0 Å². The molecule has 0 radical (unpaired) electrons. The van der Waals surface area contributed by atoms with Gasteiger partial charge in [0.2, 0.25) is 11.8 Å². The maximum Gasteiger partial charge on any atom is 0.248 e. The number of benzene rings is 1. The van der Waals surface area contributed by atoms with Gasteiger partial charge in [0.1, 0.15) is 17.8 Å². The van der Waals surface area contributed by atoms with Gasteiger partial charge < -0.3 is 19.0 Å². The zero-order valence-corrected chi connectivity index (χ0v) is 15.6. The van der Waals surface area contributed by atoms with Gasteiger partial charge in [0.05, 0.1) is 25.8 Å². The maximum atomic E-state index is 12.8. The molecular weight excluding hydrogens is 356 g/mol. The largest absolute Gasteiger partial charge is 0.464 e. The minimum atomic E-state index is -0.433. The van der Waals surface area contributed by atoms with E-state index in [1.165, 1.54) is 0 Å². The quantitative estimate of drug-likeness (QED) is 0.807. The number of amides is 2. The fourth-order valence-corrected chi connectivity index (χ4v) is 3.97. The van der Waals surface area contributed by atoms with E-state index >= 15 is 0 Å². The molecule has 0 bridgehead atoms. The van der Waals surface area contributed by atoms with Crippen LogP contribution in [0.5, 0.6) is 0 Å². The van der Waals surface area contributed by atoms with E-state index in [0.717, 1.165) is 28.5 Å². The smallest absolute Gasteiger partial charge is 0.248 e. The predicted molar refractivity (Wildman–Crippen MR) is 97.2 cm³/mol. The van der Waals surface area contributed by atoms with Crippen molar-refractivity contribution in [2.45, 2.75) is 25.4 Å². The second kappa shape index (κ2) is 6.28. The predicted octanol–water partition coefficient (Wildman–Crippen LogP) is 2.40. The van der Waals surface area contributed by atoms with Crippen molar-refractivity contribution >= 4 is 34.4 Å². The topological polar surface area (TPSA) is 63.0 Å². The molecule has 1 aromatic heterocycles. The molecule has 2 aromatic rings. The number of rotatable bonds is 2. The number of hydrogen-bond donors (Lipinski definition) is 0. The number of carbonyl (C=O) groups excluding carboxylic acids is 2. The Morgan fingerprint density at radius 1 is 1.35 bits per heavy atom. The van der Waals surface area contributed by atoms with E-state index in [-0.39, 0.29) is 24.8 Å². The molecule has 0 N–H and O–H groups in total. The molecular formula is C19H21ClN2O4. The Morgan fingerprint density at radius 2 is 2.15 bits per heavy atom. The highest BCUT2D eigenvalue weighted by Gasteiger charge is 2.45. The zero-order valence-electron chi connectivity index (χ0n) is 14.9. The Hall–Kier alpha value is -2.05. The number of ether oxygens (including phenoxy) is 1. The summed E-state index contributed by atoms with van der Waals surface area (Å²) in [5.41, 5.74) is 2.09. The molecule has 0 aliphatic carbocycles. The van der Waals surface area contributed by atoms with Crippen molar-refractivity contribution in [1.82, 2.24) is 9.80 Å². The summed E-state index contributed by atoms with van der Waals surface area (Å²) in [6, 6.07) is 3.74. The third kappa shape index (κ3) is 2.97. The molecule has 0 saturated carbocycles. The minimum Gasteiger partial charge on any atom is -0.464 e. The number of hydrogen-bond acceptors (Lipinski definition) is 4.